The highest BCUT2D eigenvalue weighted by Crippen LogP contribution is 2.37. The van der Waals surface area contributed by atoms with Gasteiger partial charge in [0, 0.05) is 19.6 Å². The van der Waals surface area contributed by atoms with Gasteiger partial charge in [-0.2, -0.15) is 4.31 Å². The molecule has 37 heavy (non-hydrogen) atoms. The number of aromatic nitrogens is 1. The monoisotopic (exact) mass is 564 g/mol. The van der Waals surface area contributed by atoms with Crippen LogP contribution in [-0.4, -0.2) is 74.4 Å². The number of rotatable bonds is 10. The second kappa shape index (κ2) is 11.7. The number of aryl methyl sites for hydroxylation is 1. The molecule has 1 atom stereocenters. The first-order valence-corrected chi connectivity index (χ1v) is 15.1. The lowest BCUT2D eigenvalue weighted by Gasteiger charge is -2.30. The van der Waals surface area contributed by atoms with Crippen molar-refractivity contribution in [1.82, 2.24) is 14.2 Å². The Morgan fingerprint density at radius 1 is 1.16 bits per heavy atom. The molecule has 1 aliphatic rings. The lowest BCUT2D eigenvalue weighted by atomic mass is 10.2. The van der Waals surface area contributed by atoms with E-state index in [4.69, 9.17) is 21.3 Å². The number of carbonyl (C=O) groups excluding carboxylic acids is 1. The molecule has 1 amide bonds. The number of fused-ring (bicyclic) bond motifs is 1. The number of hydrogen-bond acceptors (Lipinski definition) is 7. The van der Waals surface area contributed by atoms with Crippen molar-refractivity contribution in [2.24, 2.45) is 0 Å². The van der Waals surface area contributed by atoms with Crippen molar-refractivity contribution < 1.29 is 17.9 Å². The second-order valence-corrected chi connectivity index (χ2v) is 12.3. The van der Waals surface area contributed by atoms with Crippen LogP contribution in [0, 0.1) is 6.92 Å². The Balaban J connectivity index is 1.69. The van der Waals surface area contributed by atoms with Crippen molar-refractivity contribution in [3.05, 3.63) is 47.0 Å². The van der Waals surface area contributed by atoms with Crippen LogP contribution in [0.1, 0.15) is 32.3 Å². The van der Waals surface area contributed by atoms with Gasteiger partial charge in [-0.25, -0.2) is 13.4 Å². The van der Waals surface area contributed by atoms with E-state index in [1.807, 2.05) is 19.1 Å². The summed E-state index contributed by atoms with van der Waals surface area (Å²) in [5.41, 5.74) is 1.74. The lowest BCUT2D eigenvalue weighted by Crippen LogP contribution is -2.49. The van der Waals surface area contributed by atoms with E-state index in [-0.39, 0.29) is 10.8 Å². The molecule has 2 aromatic carbocycles. The van der Waals surface area contributed by atoms with Crippen LogP contribution in [0.4, 0.5) is 5.13 Å². The fourth-order valence-corrected chi connectivity index (χ4v) is 7.62. The Labute approximate surface area is 227 Å². The molecule has 200 valence electrons. The molecule has 0 N–H and O–H groups in total. The van der Waals surface area contributed by atoms with E-state index >= 15 is 0 Å². The molecule has 1 aliphatic heterocycles. The Bertz CT molecular complexity index is 1320. The van der Waals surface area contributed by atoms with E-state index in [0.29, 0.717) is 48.4 Å². The molecule has 0 radical (unpaired) electrons. The molecule has 0 aliphatic carbocycles. The summed E-state index contributed by atoms with van der Waals surface area (Å²) in [6.07, 6.45) is 1.07. The molecule has 0 bridgehead atoms. The Morgan fingerprint density at radius 2 is 1.86 bits per heavy atom. The summed E-state index contributed by atoms with van der Waals surface area (Å²) in [5.74, 6) is 0.315. The molecule has 8 nitrogen and oxygen atoms in total. The predicted octanol–water partition coefficient (Wildman–Crippen LogP) is 4.79. The maximum Gasteiger partial charge on any atom is 0.247 e. The van der Waals surface area contributed by atoms with Gasteiger partial charge in [0.1, 0.15) is 11.8 Å². The average Bonchev–Trinajstić information content (AvgIpc) is 3.58. The van der Waals surface area contributed by atoms with Crippen LogP contribution < -0.4 is 9.64 Å². The van der Waals surface area contributed by atoms with Crippen molar-refractivity contribution in [2.75, 3.05) is 44.7 Å². The summed E-state index contributed by atoms with van der Waals surface area (Å²) in [6.45, 7) is 9.18. The van der Waals surface area contributed by atoms with E-state index in [9.17, 15) is 13.2 Å². The van der Waals surface area contributed by atoms with E-state index in [1.165, 1.54) is 34.9 Å². The summed E-state index contributed by atoms with van der Waals surface area (Å²) in [4.78, 5) is 22.9. The van der Waals surface area contributed by atoms with E-state index in [2.05, 4.69) is 18.7 Å². The number of ether oxygens (including phenoxy) is 1. The maximum absolute atomic E-state index is 14.1. The predicted molar refractivity (Wildman–Crippen MR) is 149 cm³/mol. The third-order valence-electron chi connectivity index (χ3n) is 6.87. The van der Waals surface area contributed by atoms with Crippen LogP contribution in [-0.2, 0) is 14.8 Å². The minimum atomic E-state index is -3.87. The van der Waals surface area contributed by atoms with Gasteiger partial charge in [-0.3, -0.25) is 9.69 Å². The third kappa shape index (κ3) is 5.63. The molecule has 2 heterocycles. The van der Waals surface area contributed by atoms with Gasteiger partial charge in [0.2, 0.25) is 15.9 Å². The smallest absolute Gasteiger partial charge is 0.247 e. The van der Waals surface area contributed by atoms with Gasteiger partial charge < -0.3 is 9.64 Å². The molecule has 11 heteroatoms. The van der Waals surface area contributed by atoms with Crippen LogP contribution >= 0.6 is 22.9 Å². The minimum absolute atomic E-state index is 0.144. The topological polar surface area (TPSA) is 83.0 Å². The van der Waals surface area contributed by atoms with Gasteiger partial charge in [-0.05, 0) is 68.8 Å². The average molecular weight is 565 g/mol. The van der Waals surface area contributed by atoms with Gasteiger partial charge in [0.05, 0.1) is 27.2 Å². The Kier molecular flexibility index (Phi) is 8.75. The van der Waals surface area contributed by atoms with E-state index < -0.39 is 16.1 Å². The van der Waals surface area contributed by atoms with Crippen molar-refractivity contribution in [1.29, 1.82) is 0 Å². The Morgan fingerprint density at radius 3 is 2.49 bits per heavy atom. The number of carbonyl (C=O) groups is 1. The molecule has 0 saturated carbocycles. The summed E-state index contributed by atoms with van der Waals surface area (Å²) >= 11 is 7.83. The SMILES string of the molecule is CCN(CC)CCN(C(=O)C1CCCN1S(=O)(=O)c1ccc(OC)cc1)c1nc2c(C)ccc(Cl)c2s1. The van der Waals surface area contributed by atoms with Gasteiger partial charge in [-0.1, -0.05) is 42.9 Å². The molecular weight excluding hydrogens is 532 g/mol. The van der Waals surface area contributed by atoms with Gasteiger partial charge in [0.25, 0.3) is 0 Å². The number of hydrogen-bond donors (Lipinski definition) is 0. The number of methoxy groups -OCH3 is 1. The summed E-state index contributed by atoms with van der Waals surface area (Å²) in [5, 5.41) is 1.13. The number of anilines is 1. The van der Waals surface area contributed by atoms with E-state index in [1.54, 1.807) is 17.0 Å². The summed E-state index contributed by atoms with van der Waals surface area (Å²) in [6, 6.07) is 9.22. The van der Waals surface area contributed by atoms with E-state index in [0.717, 1.165) is 28.9 Å². The molecular formula is C26H33ClN4O4S2. The molecule has 1 fully saturated rings. The van der Waals surface area contributed by atoms with Gasteiger partial charge in [0.15, 0.2) is 5.13 Å². The zero-order valence-electron chi connectivity index (χ0n) is 21.6. The third-order valence-corrected chi connectivity index (χ3v) is 10.3. The van der Waals surface area contributed by atoms with Crippen molar-refractivity contribution in [3.63, 3.8) is 0 Å². The van der Waals surface area contributed by atoms with Crippen molar-refractivity contribution >= 4 is 54.2 Å². The highest BCUT2D eigenvalue weighted by Gasteiger charge is 2.42. The fourth-order valence-electron chi connectivity index (χ4n) is 4.63. The molecule has 1 unspecified atom stereocenters. The summed E-state index contributed by atoms with van der Waals surface area (Å²) in [7, 11) is -2.34. The fraction of sp³-hybridized carbons (Fsp3) is 0.462. The van der Waals surface area contributed by atoms with Crippen LogP contribution in [0.2, 0.25) is 5.02 Å². The molecule has 4 rings (SSSR count). The lowest BCUT2D eigenvalue weighted by molar-refractivity contribution is -0.121. The van der Waals surface area contributed by atoms with Crippen LogP contribution in [0.3, 0.4) is 0 Å². The molecule has 1 aromatic heterocycles. The first-order valence-electron chi connectivity index (χ1n) is 12.5. The second-order valence-electron chi connectivity index (χ2n) is 9.00. The van der Waals surface area contributed by atoms with Crippen LogP contribution in [0.5, 0.6) is 5.75 Å². The highest BCUT2D eigenvalue weighted by atomic mass is 35.5. The number of sulfonamides is 1. The standard InChI is InChI=1S/C26H33ClN4O4S2/c1-5-29(6-2)16-17-30(26-28-23-18(3)9-14-21(27)24(23)36-26)25(32)22-8-7-15-31(22)37(33,34)20-12-10-19(35-4)11-13-20/h9-14,22H,5-8,15-17H2,1-4H3. The first kappa shape index (κ1) is 27.8. The quantitative estimate of drug-likeness (QED) is 0.352. The maximum atomic E-state index is 14.1. The number of benzene rings is 2. The zero-order chi connectivity index (χ0) is 26.7. The number of halogens is 1. The Hall–Kier alpha value is -2.24. The molecule has 1 saturated heterocycles. The first-order chi connectivity index (χ1) is 17.7. The molecule has 0 spiro atoms. The number of likely N-dealkylation sites (N-methyl/N-ethyl adjacent to an activating group) is 1. The van der Waals surface area contributed by atoms with Crippen LogP contribution in [0.15, 0.2) is 41.3 Å². The molecule has 3 aromatic rings. The largest absolute Gasteiger partial charge is 0.497 e. The normalized spacial score (nSPS) is 16.5. The highest BCUT2D eigenvalue weighted by molar-refractivity contribution is 7.89. The minimum Gasteiger partial charge on any atom is -0.497 e. The van der Waals surface area contributed by atoms with Crippen molar-refractivity contribution in [3.8, 4) is 5.75 Å². The zero-order valence-corrected chi connectivity index (χ0v) is 24.0. The number of thiazole rings is 1. The van der Waals surface area contributed by atoms with Crippen molar-refractivity contribution in [2.45, 2.75) is 44.6 Å². The number of amides is 1. The van der Waals surface area contributed by atoms with Crippen LogP contribution in [0.25, 0.3) is 10.2 Å². The number of nitrogens with zero attached hydrogens (tertiary/aromatic N) is 4. The van der Waals surface area contributed by atoms with Gasteiger partial charge in [-0.15, -0.1) is 0 Å². The van der Waals surface area contributed by atoms with Gasteiger partial charge >= 0.3 is 0 Å². The summed E-state index contributed by atoms with van der Waals surface area (Å²) < 4.78 is 34.5.